The van der Waals surface area contributed by atoms with Crippen molar-refractivity contribution >= 4 is 17.8 Å². The van der Waals surface area contributed by atoms with Crippen molar-refractivity contribution < 1.29 is 38.0 Å². The molecule has 0 heterocycles. The Labute approximate surface area is 203 Å². The van der Waals surface area contributed by atoms with E-state index in [2.05, 4.69) is 0 Å². The van der Waals surface area contributed by atoms with Crippen molar-refractivity contribution in [3.63, 3.8) is 0 Å². The SMILES string of the molecule is COc1ccc(C=CC(=O)c2c(OC)cc(OC)cc2OC(=O)c2ccc(OC)cc2OC)cc1. The molecule has 0 aliphatic heterocycles. The Bertz CT molecular complexity index is 1230. The van der Waals surface area contributed by atoms with Gasteiger partial charge in [-0.1, -0.05) is 18.2 Å². The summed E-state index contributed by atoms with van der Waals surface area (Å²) in [6.45, 7) is 0. The molecule has 0 fully saturated rings. The molecule has 0 radical (unpaired) electrons. The second-order valence-corrected chi connectivity index (χ2v) is 7.13. The van der Waals surface area contributed by atoms with Crippen molar-refractivity contribution in [3.8, 4) is 34.5 Å². The van der Waals surface area contributed by atoms with Crippen LogP contribution in [0.5, 0.6) is 34.5 Å². The molecule has 3 rings (SSSR count). The number of ketones is 1. The monoisotopic (exact) mass is 478 g/mol. The minimum atomic E-state index is -0.729. The molecule has 0 N–H and O–H groups in total. The van der Waals surface area contributed by atoms with Crippen LogP contribution < -0.4 is 28.4 Å². The summed E-state index contributed by atoms with van der Waals surface area (Å²) in [7, 11) is 7.38. The summed E-state index contributed by atoms with van der Waals surface area (Å²) in [4.78, 5) is 26.2. The van der Waals surface area contributed by atoms with E-state index < -0.39 is 11.8 Å². The van der Waals surface area contributed by atoms with Gasteiger partial charge >= 0.3 is 5.97 Å². The van der Waals surface area contributed by atoms with Crippen LogP contribution >= 0.6 is 0 Å². The lowest BCUT2D eigenvalue weighted by Gasteiger charge is -2.15. The molecule has 0 spiro atoms. The maximum atomic E-state index is 13.2. The second-order valence-electron chi connectivity index (χ2n) is 7.13. The topological polar surface area (TPSA) is 89.5 Å². The summed E-state index contributed by atoms with van der Waals surface area (Å²) in [5.41, 5.74) is 1.01. The largest absolute Gasteiger partial charge is 0.497 e. The van der Waals surface area contributed by atoms with Crippen LogP contribution in [0.3, 0.4) is 0 Å². The molecule has 0 aliphatic carbocycles. The summed E-state index contributed by atoms with van der Waals surface area (Å²) in [5.74, 6) is 0.845. The van der Waals surface area contributed by atoms with Gasteiger partial charge in [-0.15, -0.1) is 0 Å². The molecule has 3 aromatic carbocycles. The number of hydrogen-bond acceptors (Lipinski definition) is 8. The number of hydrogen-bond donors (Lipinski definition) is 0. The molecule has 0 aliphatic rings. The van der Waals surface area contributed by atoms with Crippen molar-refractivity contribution in [2.75, 3.05) is 35.5 Å². The molecule has 8 nitrogen and oxygen atoms in total. The lowest BCUT2D eigenvalue weighted by atomic mass is 10.1. The Kier molecular flexibility index (Phi) is 8.34. The molecular weight excluding hydrogens is 452 g/mol. The van der Waals surface area contributed by atoms with E-state index in [-0.39, 0.29) is 28.4 Å². The van der Waals surface area contributed by atoms with Crippen molar-refractivity contribution in [1.82, 2.24) is 0 Å². The number of methoxy groups -OCH3 is 5. The minimum absolute atomic E-state index is 0.0200. The fourth-order valence-corrected chi connectivity index (χ4v) is 3.26. The van der Waals surface area contributed by atoms with E-state index in [1.54, 1.807) is 43.5 Å². The normalized spacial score (nSPS) is 10.5. The molecule has 3 aromatic rings. The third kappa shape index (κ3) is 5.92. The third-order valence-corrected chi connectivity index (χ3v) is 5.12. The quantitative estimate of drug-likeness (QED) is 0.177. The molecule has 35 heavy (non-hydrogen) atoms. The number of carbonyl (C=O) groups excluding carboxylic acids is 2. The van der Waals surface area contributed by atoms with Gasteiger partial charge in [-0.2, -0.15) is 0 Å². The zero-order valence-corrected chi connectivity index (χ0v) is 20.1. The molecule has 0 unspecified atom stereocenters. The first-order valence-corrected chi connectivity index (χ1v) is 10.5. The molecule has 0 amide bonds. The smallest absolute Gasteiger partial charge is 0.347 e. The van der Waals surface area contributed by atoms with Crippen molar-refractivity contribution in [2.45, 2.75) is 0 Å². The third-order valence-electron chi connectivity index (χ3n) is 5.12. The predicted octanol–water partition coefficient (Wildman–Crippen LogP) is 4.84. The second kappa shape index (κ2) is 11.6. The van der Waals surface area contributed by atoms with Crippen LogP contribution in [0.15, 0.2) is 60.7 Å². The van der Waals surface area contributed by atoms with Gasteiger partial charge in [-0.3, -0.25) is 4.79 Å². The highest BCUT2D eigenvalue weighted by Gasteiger charge is 2.23. The van der Waals surface area contributed by atoms with E-state index in [0.29, 0.717) is 17.2 Å². The summed E-state index contributed by atoms with van der Waals surface area (Å²) in [6.07, 6.45) is 3.01. The van der Waals surface area contributed by atoms with E-state index in [4.69, 9.17) is 28.4 Å². The number of rotatable bonds is 10. The van der Waals surface area contributed by atoms with Gasteiger partial charge < -0.3 is 28.4 Å². The standard InChI is InChI=1S/C27H26O8/c1-30-18-9-6-17(7-10-18)8-13-22(28)26-24(34-5)15-20(32-3)16-25(26)35-27(29)21-12-11-19(31-2)14-23(21)33-4/h6-16H,1-5H3. The van der Waals surface area contributed by atoms with E-state index in [1.165, 1.54) is 46.6 Å². The first-order valence-electron chi connectivity index (χ1n) is 10.5. The number of allylic oxidation sites excluding steroid dienone is 1. The first kappa shape index (κ1) is 25.2. The molecule has 182 valence electrons. The van der Waals surface area contributed by atoms with E-state index in [0.717, 1.165) is 5.56 Å². The Morgan fingerprint density at radius 1 is 0.629 bits per heavy atom. The van der Waals surface area contributed by atoms with Gasteiger partial charge in [-0.25, -0.2) is 4.79 Å². The Balaban J connectivity index is 1.98. The zero-order valence-electron chi connectivity index (χ0n) is 20.1. The van der Waals surface area contributed by atoms with Crippen LogP contribution in [0, 0.1) is 0 Å². The van der Waals surface area contributed by atoms with Crippen molar-refractivity contribution in [2.24, 2.45) is 0 Å². The maximum absolute atomic E-state index is 13.2. The highest BCUT2D eigenvalue weighted by atomic mass is 16.5. The summed E-state index contributed by atoms with van der Waals surface area (Å²) in [5, 5.41) is 0. The lowest BCUT2D eigenvalue weighted by Crippen LogP contribution is -2.13. The Morgan fingerprint density at radius 2 is 1.20 bits per heavy atom. The molecular formula is C27H26O8. The lowest BCUT2D eigenvalue weighted by molar-refractivity contribution is 0.0729. The van der Waals surface area contributed by atoms with Crippen molar-refractivity contribution in [1.29, 1.82) is 0 Å². The van der Waals surface area contributed by atoms with E-state index in [1.807, 2.05) is 12.1 Å². The maximum Gasteiger partial charge on any atom is 0.347 e. The molecule has 0 atom stereocenters. The van der Waals surface area contributed by atoms with Gasteiger partial charge in [0, 0.05) is 18.2 Å². The summed E-state index contributed by atoms with van der Waals surface area (Å²) < 4.78 is 32.0. The van der Waals surface area contributed by atoms with Gasteiger partial charge in [0.25, 0.3) is 0 Å². The average molecular weight is 478 g/mol. The predicted molar refractivity (Wildman–Crippen MR) is 130 cm³/mol. The molecule has 0 saturated carbocycles. The zero-order chi connectivity index (χ0) is 25.4. The number of benzene rings is 3. The van der Waals surface area contributed by atoms with Crippen LogP contribution in [-0.4, -0.2) is 47.3 Å². The molecule has 0 saturated heterocycles. The summed E-state index contributed by atoms with van der Waals surface area (Å²) >= 11 is 0. The summed E-state index contributed by atoms with van der Waals surface area (Å²) in [6, 6.07) is 14.9. The highest BCUT2D eigenvalue weighted by Crippen LogP contribution is 2.36. The minimum Gasteiger partial charge on any atom is -0.497 e. The van der Waals surface area contributed by atoms with Crippen LogP contribution in [0.4, 0.5) is 0 Å². The van der Waals surface area contributed by atoms with Gasteiger partial charge in [-0.05, 0) is 35.9 Å². The number of esters is 1. The van der Waals surface area contributed by atoms with Crippen LogP contribution in [0.1, 0.15) is 26.3 Å². The molecule has 0 aromatic heterocycles. The Morgan fingerprint density at radius 3 is 1.80 bits per heavy atom. The molecule has 8 heteroatoms. The fourth-order valence-electron chi connectivity index (χ4n) is 3.26. The first-order chi connectivity index (χ1) is 16.9. The van der Waals surface area contributed by atoms with Crippen LogP contribution in [-0.2, 0) is 0 Å². The van der Waals surface area contributed by atoms with Gasteiger partial charge in [0.05, 0.1) is 35.5 Å². The van der Waals surface area contributed by atoms with E-state index in [9.17, 15) is 9.59 Å². The van der Waals surface area contributed by atoms with Crippen LogP contribution in [0.2, 0.25) is 0 Å². The average Bonchev–Trinajstić information content (AvgIpc) is 2.90. The fraction of sp³-hybridized carbons (Fsp3) is 0.185. The Hall–Kier alpha value is -4.46. The van der Waals surface area contributed by atoms with Crippen molar-refractivity contribution in [3.05, 3.63) is 77.4 Å². The number of ether oxygens (including phenoxy) is 6. The van der Waals surface area contributed by atoms with Gasteiger partial charge in [0.1, 0.15) is 45.6 Å². The highest BCUT2D eigenvalue weighted by molar-refractivity contribution is 6.11. The van der Waals surface area contributed by atoms with E-state index >= 15 is 0 Å². The number of carbonyl (C=O) groups is 2. The molecule has 0 bridgehead atoms. The van der Waals surface area contributed by atoms with Crippen LogP contribution in [0.25, 0.3) is 6.08 Å². The van der Waals surface area contributed by atoms with Gasteiger partial charge in [0.15, 0.2) is 5.78 Å². The van der Waals surface area contributed by atoms with Gasteiger partial charge in [0.2, 0.25) is 0 Å².